The molecule has 0 atom stereocenters. The lowest BCUT2D eigenvalue weighted by Crippen LogP contribution is -2.10. The number of carbonyl (C=O) groups excluding carboxylic acids is 1. The number of halogens is 2. The van der Waals surface area contributed by atoms with Gasteiger partial charge in [-0.1, -0.05) is 23.2 Å². The Bertz CT molecular complexity index is 1330. The highest BCUT2D eigenvalue weighted by Gasteiger charge is 2.25. The molecule has 1 aromatic carbocycles. The van der Waals surface area contributed by atoms with Gasteiger partial charge in [-0.15, -0.1) is 0 Å². The van der Waals surface area contributed by atoms with Crippen LogP contribution in [0.4, 0.5) is 0 Å². The predicted octanol–water partition coefficient (Wildman–Crippen LogP) is 5.18. The van der Waals surface area contributed by atoms with Crippen molar-refractivity contribution in [3.63, 3.8) is 0 Å². The van der Waals surface area contributed by atoms with E-state index in [-0.39, 0.29) is 12.3 Å². The summed E-state index contributed by atoms with van der Waals surface area (Å²) in [4.78, 5) is 16.7. The van der Waals surface area contributed by atoms with Crippen LogP contribution in [0.25, 0.3) is 33.4 Å². The first kappa shape index (κ1) is 21.7. The summed E-state index contributed by atoms with van der Waals surface area (Å²) in [6.45, 7) is 0.274. The van der Waals surface area contributed by atoms with Crippen molar-refractivity contribution in [1.82, 2.24) is 25.0 Å². The zero-order chi connectivity index (χ0) is 23.1. The number of H-pyrrole nitrogens is 1. The Balaban J connectivity index is 1.47. The molecule has 170 valence electrons. The quantitative estimate of drug-likeness (QED) is 0.369. The fourth-order valence-corrected chi connectivity index (χ4v) is 4.54. The second kappa shape index (κ2) is 8.68. The fraction of sp³-hybridized carbons (Fsp3) is 0.304. The molecule has 0 saturated heterocycles. The third kappa shape index (κ3) is 4.16. The van der Waals surface area contributed by atoms with Crippen molar-refractivity contribution in [1.29, 1.82) is 0 Å². The van der Waals surface area contributed by atoms with E-state index in [2.05, 4.69) is 20.3 Å². The Morgan fingerprint density at radius 1 is 1.15 bits per heavy atom. The number of Topliss-reactive ketones (excluding diaryl/α,β-unsaturated/α-hetero) is 1. The summed E-state index contributed by atoms with van der Waals surface area (Å²) in [5.74, 6) is 1.63. The van der Waals surface area contributed by atoms with Crippen LogP contribution in [0, 0.1) is 5.92 Å². The summed E-state index contributed by atoms with van der Waals surface area (Å²) in [7, 11) is 3.05. The SMILES string of the molecule is COc1cc(OC)c(Cl)c(-c2cc3[nH]nc(-c4cnn(CC(=O)CC5CC5)c4)c3cn2)c1Cl. The molecule has 0 bridgehead atoms. The van der Waals surface area contributed by atoms with Gasteiger partial charge < -0.3 is 9.47 Å². The molecule has 0 unspecified atom stereocenters. The second-order valence-electron chi connectivity index (χ2n) is 8.08. The monoisotopic (exact) mass is 485 g/mol. The van der Waals surface area contributed by atoms with Crippen molar-refractivity contribution >= 4 is 39.9 Å². The van der Waals surface area contributed by atoms with E-state index in [0.717, 1.165) is 29.3 Å². The molecule has 0 radical (unpaired) electrons. The van der Waals surface area contributed by atoms with Crippen LogP contribution >= 0.6 is 23.2 Å². The topological polar surface area (TPSA) is 94.9 Å². The zero-order valence-electron chi connectivity index (χ0n) is 18.1. The van der Waals surface area contributed by atoms with E-state index in [1.165, 1.54) is 14.2 Å². The van der Waals surface area contributed by atoms with Crippen molar-refractivity contribution in [2.75, 3.05) is 14.2 Å². The lowest BCUT2D eigenvalue weighted by molar-refractivity contribution is -0.120. The van der Waals surface area contributed by atoms with E-state index in [9.17, 15) is 4.79 Å². The highest BCUT2D eigenvalue weighted by molar-refractivity contribution is 6.41. The number of rotatable bonds is 8. The molecule has 0 spiro atoms. The maximum absolute atomic E-state index is 12.2. The van der Waals surface area contributed by atoms with Gasteiger partial charge in [0.25, 0.3) is 0 Å². The highest BCUT2D eigenvalue weighted by atomic mass is 35.5. The third-order valence-corrected chi connectivity index (χ3v) is 6.49. The number of hydrogen-bond donors (Lipinski definition) is 1. The van der Waals surface area contributed by atoms with Crippen LogP contribution in [0.1, 0.15) is 19.3 Å². The van der Waals surface area contributed by atoms with Gasteiger partial charge in [0.15, 0.2) is 5.78 Å². The van der Waals surface area contributed by atoms with Gasteiger partial charge in [0, 0.05) is 41.4 Å². The maximum atomic E-state index is 12.2. The molecule has 4 aromatic rings. The molecule has 1 aliphatic rings. The molecule has 3 heterocycles. The van der Waals surface area contributed by atoms with Gasteiger partial charge in [-0.05, 0) is 24.8 Å². The number of nitrogens with zero attached hydrogens (tertiary/aromatic N) is 4. The van der Waals surface area contributed by atoms with Crippen LogP contribution in [0.15, 0.2) is 30.7 Å². The summed E-state index contributed by atoms with van der Waals surface area (Å²) in [6, 6.07) is 3.45. The minimum absolute atomic E-state index is 0.202. The minimum atomic E-state index is 0.202. The number of aromatic amines is 1. The largest absolute Gasteiger partial charge is 0.495 e. The normalized spacial score (nSPS) is 13.5. The minimum Gasteiger partial charge on any atom is -0.495 e. The van der Waals surface area contributed by atoms with Gasteiger partial charge in [-0.25, -0.2) is 0 Å². The number of aromatic nitrogens is 5. The number of benzene rings is 1. The van der Waals surface area contributed by atoms with Gasteiger partial charge in [0.1, 0.15) is 17.2 Å². The van der Waals surface area contributed by atoms with Gasteiger partial charge in [-0.3, -0.25) is 19.6 Å². The van der Waals surface area contributed by atoms with Crippen molar-refractivity contribution in [3.05, 3.63) is 40.8 Å². The zero-order valence-corrected chi connectivity index (χ0v) is 19.6. The Labute approximate surface area is 199 Å². The summed E-state index contributed by atoms with van der Waals surface area (Å²) in [5, 5.41) is 13.3. The first-order chi connectivity index (χ1) is 16.0. The second-order valence-corrected chi connectivity index (χ2v) is 8.84. The van der Waals surface area contributed by atoms with E-state index in [0.29, 0.717) is 50.8 Å². The lowest BCUT2D eigenvalue weighted by Gasteiger charge is -2.14. The Morgan fingerprint density at radius 2 is 1.88 bits per heavy atom. The average molecular weight is 486 g/mol. The molecule has 10 heteroatoms. The predicted molar refractivity (Wildman–Crippen MR) is 126 cm³/mol. The van der Waals surface area contributed by atoms with E-state index in [1.54, 1.807) is 23.1 Å². The first-order valence-electron chi connectivity index (χ1n) is 10.5. The van der Waals surface area contributed by atoms with E-state index < -0.39 is 0 Å². The van der Waals surface area contributed by atoms with E-state index in [1.807, 2.05) is 12.3 Å². The number of ketones is 1. The van der Waals surface area contributed by atoms with Crippen molar-refractivity contribution in [2.45, 2.75) is 25.8 Å². The van der Waals surface area contributed by atoms with E-state index in [4.69, 9.17) is 32.7 Å². The lowest BCUT2D eigenvalue weighted by atomic mass is 10.1. The molecule has 0 amide bonds. The molecule has 1 saturated carbocycles. The Morgan fingerprint density at radius 3 is 2.55 bits per heavy atom. The van der Waals surface area contributed by atoms with E-state index >= 15 is 0 Å². The van der Waals surface area contributed by atoms with Crippen LogP contribution in [-0.4, -0.2) is 45.0 Å². The van der Waals surface area contributed by atoms with Crippen LogP contribution < -0.4 is 9.47 Å². The fourth-order valence-electron chi connectivity index (χ4n) is 3.84. The van der Waals surface area contributed by atoms with Crippen LogP contribution in [-0.2, 0) is 11.3 Å². The Kier molecular flexibility index (Phi) is 5.72. The average Bonchev–Trinajstić information content (AvgIpc) is 3.32. The van der Waals surface area contributed by atoms with Gasteiger partial charge in [0.05, 0.1) is 48.2 Å². The molecule has 5 rings (SSSR count). The number of methoxy groups -OCH3 is 2. The molecular weight excluding hydrogens is 465 g/mol. The molecular formula is C23H21Cl2N5O3. The number of hydrogen-bond acceptors (Lipinski definition) is 6. The molecule has 0 aliphatic heterocycles. The third-order valence-electron chi connectivity index (χ3n) is 5.74. The standard InChI is InChI=1S/C23H21Cl2N5O3/c1-32-18-7-19(33-2)22(25)20(21(18)24)17-6-16-15(9-26-17)23(29-28-16)13-8-27-30(10-13)11-14(31)5-12-3-4-12/h6-10,12H,3-5,11H2,1-2H3,(H,28,29). The molecule has 1 N–H and O–H groups in total. The number of fused-ring (bicyclic) bond motifs is 1. The van der Waals surface area contributed by atoms with Crippen LogP contribution in [0.2, 0.25) is 10.0 Å². The number of ether oxygens (including phenoxy) is 2. The number of carbonyl (C=O) groups is 1. The molecule has 33 heavy (non-hydrogen) atoms. The summed E-state index contributed by atoms with van der Waals surface area (Å²) in [6.07, 6.45) is 8.18. The van der Waals surface area contributed by atoms with Crippen molar-refractivity contribution < 1.29 is 14.3 Å². The Hall–Kier alpha value is -3.10. The van der Waals surface area contributed by atoms with Gasteiger partial charge in [-0.2, -0.15) is 10.2 Å². The number of nitrogens with one attached hydrogen (secondary N) is 1. The molecule has 1 fully saturated rings. The highest BCUT2D eigenvalue weighted by Crippen LogP contribution is 2.45. The smallest absolute Gasteiger partial charge is 0.154 e. The summed E-state index contributed by atoms with van der Waals surface area (Å²) in [5.41, 5.74) is 3.31. The van der Waals surface area contributed by atoms with Crippen molar-refractivity contribution in [2.24, 2.45) is 5.92 Å². The van der Waals surface area contributed by atoms with Crippen LogP contribution in [0.5, 0.6) is 11.5 Å². The first-order valence-corrected chi connectivity index (χ1v) is 11.2. The van der Waals surface area contributed by atoms with Gasteiger partial charge >= 0.3 is 0 Å². The van der Waals surface area contributed by atoms with Crippen LogP contribution in [0.3, 0.4) is 0 Å². The molecule has 8 nitrogen and oxygen atoms in total. The molecule has 1 aliphatic carbocycles. The van der Waals surface area contributed by atoms with Gasteiger partial charge in [0.2, 0.25) is 0 Å². The number of pyridine rings is 1. The molecule has 3 aromatic heterocycles. The maximum Gasteiger partial charge on any atom is 0.154 e. The summed E-state index contributed by atoms with van der Waals surface area (Å²) < 4.78 is 12.4. The van der Waals surface area contributed by atoms with Crippen molar-refractivity contribution in [3.8, 4) is 34.0 Å². The summed E-state index contributed by atoms with van der Waals surface area (Å²) >= 11 is 13.1.